The van der Waals surface area contributed by atoms with Gasteiger partial charge in [-0.3, -0.25) is 0 Å². The van der Waals surface area contributed by atoms with E-state index in [9.17, 15) is 9.90 Å². The maximum atomic E-state index is 14.2. The fourth-order valence-electron chi connectivity index (χ4n) is 12.0. The molecule has 3 aromatic rings. The zero-order valence-electron chi connectivity index (χ0n) is 58.5. The molecule has 89 heavy (non-hydrogen) atoms. The first-order valence-corrected chi connectivity index (χ1v) is 39.4. The molecule has 0 aliphatic rings. The van der Waals surface area contributed by atoms with Crippen molar-refractivity contribution in [2.45, 2.75) is 364 Å². The highest BCUT2D eigenvalue weighted by Gasteiger charge is 2.46. The fraction of sp³-hybridized carbons (Fsp3) is 0.759. The predicted molar refractivity (Wildman–Crippen MR) is 379 cm³/mol. The summed E-state index contributed by atoms with van der Waals surface area (Å²) in [5.41, 5.74) is 0. The maximum Gasteiger partial charge on any atom is 0.517 e. The van der Waals surface area contributed by atoms with E-state index in [0.29, 0.717) is 88.8 Å². The lowest BCUT2D eigenvalue weighted by Crippen LogP contribution is -2.18. The minimum absolute atomic E-state index is 0.438. The second-order valence-electron chi connectivity index (χ2n) is 25.7. The van der Waals surface area contributed by atoms with Gasteiger partial charge in [-0.25, -0.2) is 4.79 Å². The third-order valence-electron chi connectivity index (χ3n) is 17.4. The summed E-state index contributed by atoms with van der Waals surface area (Å²) in [6.45, 7) is 16.5. The van der Waals surface area contributed by atoms with Crippen LogP contribution in [0.2, 0.25) is 0 Å². The molecule has 0 spiro atoms. The molecule has 0 bridgehead atoms. The Kier molecular flexibility index (Phi) is 49.6. The van der Waals surface area contributed by atoms with Gasteiger partial charge in [0.15, 0.2) is 0 Å². The van der Waals surface area contributed by atoms with E-state index in [1.807, 2.05) is 54.6 Å². The standard InChI is InChI=1S/C79H136O9S/c1-7-13-19-25-31-37-43-52-60-82-70-66-73(84-62-54-45-39-33-27-21-15-9-3)77(74(67-70)85-63-55-46-40-34-28-22-16-10-4)89(88-79(80)81,72-58-50-49-51-59-72)78-75(86-64-56-47-41-35-29-23-17-11-5)68-71(83-61-53-44-38-32-26-20-14-8-2)69-76(78)87-65-57-48-42-36-30-24-18-12-6/h49-51,58-59,66-69H,7-48,52-57,60-65H2,1-6H3,(H,80,81). The van der Waals surface area contributed by atoms with E-state index >= 15 is 0 Å². The van der Waals surface area contributed by atoms with E-state index in [4.69, 9.17) is 32.6 Å². The van der Waals surface area contributed by atoms with Crippen LogP contribution in [0, 0.1) is 0 Å². The molecule has 0 aliphatic carbocycles. The third kappa shape index (κ3) is 36.2. The Morgan fingerprint density at radius 2 is 0.494 bits per heavy atom. The van der Waals surface area contributed by atoms with Gasteiger partial charge in [0.2, 0.25) is 0 Å². The summed E-state index contributed by atoms with van der Waals surface area (Å²) < 4.78 is 49.3. The van der Waals surface area contributed by atoms with Gasteiger partial charge in [0.25, 0.3) is 0 Å². The van der Waals surface area contributed by atoms with Gasteiger partial charge in [0.05, 0.1) is 39.6 Å². The van der Waals surface area contributed by atoms with Crippen molar-refractivity contribution < 1.29 is 42.5 Å². The van der Waals surface area contributed by atoms with Gasteiger partial charge >= 0.3 is 6.16 Å². The minimum atomic E-state index is -3.42. The SMILES string of the molecule is CCCCCCCCCCOc1cc(OCCCCCCCCCC)c(S(OC(=O)O)(c2ccccc2)c2c(OCCCCCCCCCC)cc(OCCCCCCCCCC)cc2OCCCCCCCCCC)c(OCCCCCCCCCC)c1. The number of hydrogen-bond acceptors (Lipinski definition) is 8. The normalized spacial score (nSPS) is 11.7. The summed E-state index contributed by atoms with van der Waals surface area (Å²) in [4.78, 5) is 16.0. The average Bonchev–Trinajstić information content (AvgIpc) is 0.817. The van der Waals surface area contributed by atoms with Crippen molar-refractivity contribution in [1.29, 1.82) is 0 Å². The summed E-state index contributed by atoms with van der Waals surface area (Å²) in [6, 6.07) is 17.9. The molecule has 0 saturated heterocycles. The van der Waals surface area contributed by atoms with Crippen molar-refractivity contribution >= 4 is 16.5 Å². The van der Waals surface area contributed by atoms with E-state index in [0.717, 1.165) is 103 Å². The molecule has 512 valence electrons. The summed E-state index contributed by atoms with van der Waals surface area (Å²) in [7, 11) is -3.42. The zero-order chi connectivity index (χ0) is 63.8. The van der Waals surface area contributed by atoms with Gasteiger partial charge in [-0.2, -0.15) is 0 Å². The van der Waals surface area contributed by atoms with Crippen molar-refractivity contribution in [2.75, 3.05) is 39.6 Å². The molecule has 0 heterocycles. The van der Waals surface area contributed by atoms with Gasteiger partial charge < -0.3 is 37.7 Å². The molecule has 9 nitrogen and oxygen atoms in total. The summed E-state index contributed by atoms with van der Waals surface area (Å²) in [5, 5.41) is 11.6. The van der Waals surface area contributed by atoms with Crippen molar-refractivity contribution in [2.24, 2.45) is 0 Å². The van der Waals surface area contributed by atoms with Crippen LogP contribution in [0.25, 0.3) is 0 Å². The van der Waals surface area contributed by atoms with Gasteiger partial charge in [-0.15, -0.1) is 0 Å². The second-order valence-corrected chi connectivity index (χ2v) is 28.2. The largest absolute Gasteiger partial charge is 0.517 e. The molecule has 0 radical (unpaired) electrons. The molecule has 10 heteroatoms. The quantitative estimate of drug-likeness (QED) is 0.0554. The molecule has 0 aromatic heterocycles. The predicted octanol–water partition coefficient (Wildman–Crippen LogP) is 26.7. The van der Waals surface area contributed by atoms with Crippen LogP contribution in [-0.4, -0.2) is 50.9 Å². The summed E-state index contributed by atoms with van der Waals surface area (Å²) in [6.07, 6.45) is 55.0. The van der Waals surface area contributed by atoms with Crippen LogP contribution in [0.4, 0.5) is 4.79 Å². The summed E-state index contributed by atoms with van der Waals surface area (Å²) >= 11 is 0. The van der Waals surface area contributed by atoms with Gasteiger partial charge in [0, 0.05) is 39.5 Å². The van der Waals surface area contributed by atoms with Crippen LogP contribution >= 0.6 is 10.3 Å². The Morgan fingerprint density at radius 3 is 0.708 bits per heavy atom. The fourth-order valence-corrected chi connectivity index (χ4v) is 15.3. The van der Waals surface area contributed by atoms with Gasteiger partial charge in [-0.05, 0) is 50.7 Å². The first-order chi connectivity index (χ1) is 43.9. The number of rotatable bonds is 64. The van der Waals surface area contributed by atoms with Crippen LogP contribution in [0.15, 0.2) is 69.3 Å². The van der Waals surface area contributed by atoms with E-state index < -0.39 is 16.5 Å². The summed E-state index contributed by atoms with van der Waals surface area (Å²) in [5.74, 6) is 3.31. The molecule has 0 amide bonds. The van der Waals surface area contributed by atoms with Crippen molar-refractivity contribution in [3.8, 4) is 34.5 Å². The lowest BCUT2D eigenvalue weighted by atomic mass is 10.1. The van der Waals surface area contributed by atoms with Crippen molar-refractivity contribution in [3.05, 3.63) is 54.6 Å². The minimum Gasteiger partial charge on any atom is -0.493 e. The van der Waals surface area contributed by atoms with Crippen LogP contribution in [-0.2, 0) is 4.18 Å². The molecule has 3 aromatic carbocycles. The Bertz CT molecular complexity index is 1890. The number of ether oxygens (including phenoxy) is 6. The lowest BCUT2D eigenvalue weighted by Gasteiger charge is -2.41. The van der Waals surface area contributed by atoms with Crippen LogP contribution in [0.5, 0.6) is 34.5 Å². The molecule has 0 saturated carbocycles. The molecular formula is C79H136O9S. The van der Waals surface area contributed by atoms with Gasteiger partial charge in [-0.1, -0.05) is 329 Å². The molecule has 3 rings (SSSR count). The Morgan fingerprint density at radius 1 is 0.292 bits per heavy atom. The van der Waals surface area contributed by atoms with E-state index in [1.165, 1.54) is 205 Å². The van der Waals surface area contributed by atoms with E-state index in [-0.39, 0.29) is 0 Å². The average molecular weight is 1260 g/mol. The zero-order valence-corrected chi connectivity index (χ0v) is 59.3. The molecule has 0 aliphatic heterocycles. The monoisotopic (exact) mass is 1260 g/mol. The first-order valence-electron chi connectivity index (χ1n) is 37.8. The Hall–Kier alpha value is -3.92. The molecule has 0 unspecified atom stereocenters. The smallest absolute Gasteiger partial charge is 0.493 e. The highest BCUT2D eigenvalue weighted by molar-refractivity contribution is 8.30. The third-order valence-corrected chi connectivity index (χ3v) is 20.7. The van der Waals surface area contributed by atoms with Crippen molar-refractivity contribution in [3.63, 3.8) is 0 Å². The number of unbranched alkanes of at least 4 members (excludes halogenated alkanes) is 42. The highest BCUT2D eigenvalue weighted by atomic mass is 32.3. The maximum absolute atomic E-state index is 14.2. The first kappa shape index (κ1) is 79.3. The molecule has 1 N–H and O–H groups in total. The lowest BCUT2D eigenvalue weighted by molar-refractivity contribution is 0.149. The second kappa shape index (κ2) is 55.7. The van der Waals surface area contributed by atoms with Crippen LogP contribution < -0.4 is 28.4 Å². The highest BCUT2D eigenvalue weighted by Crippen LogP contribution is 2.77. The number of carboxylic acid groups (broad SMARTS) is 1. The Labute approximate surface area is 549 Å². The molecule has 0 atom stereocenters. The van der Waals surface area contributed by atoms with Crippen molar-refractivity contribution in [1.82, 2.24) is 0 Å². The van der Waals surface area contributed by atoms with E-state index in [2.05, 4.69) is 41.5 Å². The van der Waals surface area contributed by atoms with Crippen LogP contribution in [0.3, 0.4) is 0 Å². The molecule has 0 fully saturated rings. The van der Waals surface area contributed by atoms with E-state index in [1.54, 1.807) is 0 Å². The molecular weight excluding hydrogens is 1120 g/mol. The van der Waals surface area contributed by atoms with Gasteiger partial charge in [0.1, 0.15) is 44.3 Å². The number of carbonyl (C=O) groups is 1. The topological polar surface area (TPSA) is 102 Å². The Balaban J connectivity index is 2.39. The number of benzene rings is 3. The van der Waals surface area contributed by atoms with Crippen LogP contribution in [0.1, 0.15) is 350 Å². The number of hydrogen-bond donors (Lipinski definition) is 1.